The molecule has 0 saturated heterocycles. The van der Waals surface area contributed by atoms with Gasteiger partial charge in [-0.05, 0) is 42.0 Å². The third-order valence-electron chi connectivity index (χ3n) is 5.34. The van der Waals surface area contributed by atoms with Crippen molar-refractivity contribution >= 4 is 26.6 Å². The number of H-pyrrole nitrogens is 1. The van der Waals surface area contributed by atoms with Gasteiger partial charge in [0.05, 0.1) is 17.5 Å². The highest BCUT2D eigenvalue weighted by molar-refractivity contribution is 7.92. The van der Waals surface area contributed by atoms with Crippen LogP contribution in [0.15, 0.2) is 48.7 Å². The lowest BCUT2D eigenvalue weighted by Gasteiger charge is -2.36. The Morgan fingerprint density at radius 3 is 2.68 bits per heavy atom. The van der Waals surface area contributed by atoms with E-state index < -0.39 is 10.0 Å². The summed E-state index contributed by atoms with van der Waals surface area (Å²) in [7, 11) is -3.32. The zero-order valence-electron chi connectivity index (χ0n) is 14.5. The number of fused-ring (bicyclic) bond motifs is 2. The smallest absolute Gasteiger partial charge is 0.229 e. The molecule has 0 radical (unpaired) electrons. The largest absolute Gasteiger partial charge is 0.359 e. The van der Waals surface area contributed by atoms with Crippen molar-refractivity contribution in [3.8, 4) is 0 Å². The molecule has 1 unspecified atom stereocenters. The molecule has 4 nitrogen and oxygen atoms in total. The van der Waals surface area contributed by atoms with Crippen molar-refractivity contribution < 1.29 is 8.42 Å². The van der Waals surface area contributed by atoms with Crippen molar-refractivity contribution in [3.05, 3.63) is 65.4 Å². The average Bonchev–Trinajstić information content (AvgIpc) is 3.00. The first kappa shape index (κ1) is 16.2. The zero-order valence-corrected chi connectivity index (χ0v) is 15.3. The zero-order chi connectivity index (χ0) is 17.7. The summed E-state index contributed by atoms with van der Waals surface area (Å²) in [5.74, 6) is 0. The van der Waals surface area contributed by atoms with E-state index in [9.17, 15) is 8.42 Å². The van der Waals surface area contributed by atoms with Crippen LogP contribution in [0.25, 0.3) is 10.9 Å². The summed E-state index contributed by atoms with van der Waals surface area (Å²) in [5, 5.41) is 1.08. The standard InChI is InChI=1S/C20H22N2O2S/c1-20(12-6-8-14-7-3-4-10-16(14)20)17-13-21-19-15(17)9-5-11-18(19)22-25(2,23)24/h3-5,7,9-11,13,21-22H,6,8,12H2,1-2H3. The number of nitrogens with one attached hydrogen (secondary N) is 2. The van der Waals surface area contributed by atoms with Gasteiger partial charge in [0.25, 0.3) is 0 Å². The number of rotatable bonds is 3. The first-order valence-corrected chi connectivity index (χ1v) is 10.4. The Hall–Kier alpha value is -2.27. The number of benzene rings is 2. The van der Waals surface area contributed by atoms with Gasteiger partial charge >= 0.3 is 0 Å². The Morgan fingerprint density at radius 1 is 1.08 bits per heavy atom. The number of hydrogen-bond donors (Lipinski definition) is 2. The number of para-hydroxylation sites is 1. The highest BCUT2D eigenvalue weighted by Crippen LogP contribution is 2.45. The summed E-state index contributed by atoms with van der Waals surface area (Å²) < 4.78 is 25.9. The topological polar surface area (TPSA) is 62.0 Å². The maximum atomic E-state index is 11.7. The third kappa shape index (κ3) is 2.72. The summed E-state index contributed by atoms with van der Waals surface area (Å²) in [5.41, 5.74) is 5.38. The Bertz CT molecular complexity index is 1050. The predicted molar refractivity (Wildman–Crippen MR) is 103 cm³/mol. The Balaban J connectivity index is 1.90. The van der Waals surface area contributed by atoms with Crippen LogP contribution in [0.1, 0.15) is 36.5 Å². The van der Waals surface area contributed by atoms with Crippen molar-refractivity contribution in [2.24, 2.45) is 0 Å². The molecule has 1 aliphatic carbocycles. The molecule has 1 heterocycles. The van der Waals surface area contributed by atoms with Gasteiger partial charge in [0.1, 0.15) is 0 Å². The van der Waals surface area contributed by atoms with Crippen molar-refractivity contribution in [2.45, 2.75) is 31.6 Å². The second-order valence-electron chi connectivity index (χ2n) is 7.15. The van der Waals surface area contributed by atoms with Crippen molar-refractivity contribution in [3.63, 3.8) is 0 Å². The van der Waals surface area contributed by atoms with Gasteiger partial charge in [0.15, 0.2) is 0 Å². The predicted octanol–water partition coefficient (Wildman–Crippen LogP) is 4.18. The Kier molecular flexibility index (Phi) is 3.65. The minimum Gasteiger partial charge on any atom is -0.359 e. The molecule has 0 bridgehead atoms. The lowest BCUT2D eigenvalue weighted by Crippen LogP contribution is -2.28. The number of hydrogen-bond acceptors (Lipinski definition) is 2. The summed E-state index contributed by atoms with van der Waals surface area (Å²) in [6.45, 7) is 2.30. The van der Waals surface area contributed by atoms with Crippen LogP contribution in [0.2, 0.25) is 0 Å². The van der Waals surface area contributed by atoms with Gasteiger partial charge in [-0.2, -0.15) is 0 Å². The van der Waals surface area contributed by atoms with Gasteiger partial charge in [-0.3, -0.25) is 4.72 Å². The first-order valence-electron chi connectivity index (χ1n) is 8.55. The minimum absolute atomic E-state index is 0.0726. The van der Waals surface area contributed by atoms with Crippen LogP contribution >= 0.6 is 0 Å². The van der Waals surface area contributed by atoms with E-state index in [1.807, 2.05) is 12.3 Å². The SMILES string of the molecule is CC1(c2c[nH]c3c(NS(C)(=O)=O)cccc23)CCCc2ccccc21. The number of anilines is 1. The van der Waals surface area contributed by atoms with Crippen LogP contribution in [-0.4, -0.2) is 19.7 Å². The van der Waals surface area contributed by atoms with Gasteiger partial charge in [0, 0.05) is 17.0 Å². The molecule has 3 aromatic rings. The Labute approximate surface area is 148 Å². The Morgan fingerprint density at radius 2 is 1.88 bits per heavy atom. The molecule has 0 amide bonds. The fourth-order valence-corrected chi connectivity index (χ4v) is 4.79. The molecular formula is C20H22N2O2S. The van der Waals surface area contributed by atoms with Gasteiger partial charge in [-0.25, -0.2) is 8.42 Å². The number of aromatic amines is 1. The van der Waals surface area contributed by atoms with Crippen LogP contribution in [0.3, 0.4) is 0 Å². The summed E-state index contributed by atoms with van der Waals surface area (Å²) in [4.78, 5) is 3.31. The lowest BCUT2D eigenvalue weighted by atomic mass is 9.67. The average molecular weight is 354 g/mol. The van der Waals surface area contributed by atoms with E-state index in [1.165, 1.54) is 22.9 Å². The van der Waals surface area contributed by atoms with Crippen LogP contribution in [-0.2, 0) is 21.9 Å². The fourth-order valence-electron chi connectivity index (χ4n) is 4.22. The maximum Gasteiger partial charge on any atom is 0.229 e. The van der Waals surface area contributed by atoms with E-state index >= 15 is 0 Å². The number of aryl methyl sites for hydroxylation is 1. The van der Waals surface area contributed by atoms with Gasteiger partial charge in [-0.1, -0.05) is 43.3 Å². The molecular weight excluding hydrogens is 332 g/mol. The van der Waals surface area contributed by atoms with E-state index in [0.29, 0.717) is 5.69 Å². The lowest BCUT2D eigenvalue weighted by molar-refractivity contribution is 0.468. The second-order valence-corrected chi connectivity index (χ2v) is 8.90. The molecule has 1 aromatic heterocycles. The molecule has 2 N–H and O–H groups in total. The van der Waals surface area contributed by atoms with Crippen LogP contribution < -0.4 is 4.72 Å². The first-order chi connectivity index (χ1) is 11.9. The van der Waals surface area contributed by atoms with Crippen molar-refractivity contribution in [1.29, 1.82) is 0 Å². The minimum atomic E-state index is -3.32. The monoisotopic (exact) mass is 354 g/mol. The molecule has 130 valence electrons. The second kappa shape index (κ2) is 5.63. The summed E-state index contributed by atoms with van der Waals surface area (Å²) in [6.07, 6.45) is 6.58. The molecule has 5 heteroatoms. The molecule has 0 fully saturated rings. The maximum absolute atomic E-state index is 11.7. The van der Waals surface area contributed by atoms with Crippen molar-refractivity contribution in [1.82, 2.24) is 4.98 Å². The highest BCUT2D eigenvalue weighted by atomic mass is 32.2. The number of aromatic nitrogens is 1. The molecule has 2 aromatic carbocycles. The molecule has 0 spiro atoms. The molecule has 4 rings (SSSR count). The van der Waals surface area contributed by atoms with E-state index in [2.05, 4.69) is 47.0 Å². The van der Waals surface area contributed by atoms with Gasteiger partial charge in [0.2, 0.25) is 10.0 Å². The molecule has 0 aliphatic heterocycles. The van der Waals surface area contributed by atoms with E-state index in [1.54, 1.807) is 6.07 Å². The summed E-state index contributed by atoms with van der Waals surface area (Å²) >= 11 is 0. The van der Waals surface area contributed by atoms with E-state index in [0.717, 1.165) is 30.2 Å². The summed E-state index contributed by atoms with van der Waals surface area (Å²) in [6, 6.07) is 14.4. The molecule has 1 aliphatic rings. The molecule has 0 saturated carbocycles. The van der Waals surface area contributed by atoms with Crippen LogP contribution in [0.5, 0.6) is 0 Å². The van der Waals surface area contributed by atoms with Crippen LogP contribution in [0.4, 0.5) is 5.69 Å². The fraction of sp³-hybridized carbons (Fsp3) is 0.300. The van der Waals surface area contributed by atoms with E-state index in [4.69, 9.17) is 0 Å². The van der Waals surface area contributed by atoms with Gasteiger partial charge < -0.3 is 4.98 Å². The number of sulfonamides is 1. The third-order valence-corrected chi connectivity index (χ3v) is 5.93. The van der Waals surface area contributed by atoms with E-state index in [-0.39, 0.29) is 5.41 Å². The van der Waals surface area contributed by atoms with Crippen molar-refractivity contribution in [2.75, 3.05) is 11.0 Å². The quantitative estimate of drug-likeness (QED) is 0.741. The normalized spacial score (nSPS) is 20.4. The molecule has 25 heavy (non-hydrogen) atoms. The molecule has 1 atom stereocenters. The van der Waals surface area contributed by atoms with Crippen LogP contribution in [0, 0.1) is 0 Å². The van der Waals surface area contributed by atoms with Gasteiger partial charge in [-0.15, -0.1) is 0 Å². The highest BCUT2D eigenvalue weighted by Gasteiger charge is 2.35.